The van der Waals surface area contributed by atoms with Gasteiger partial charge in [0.1, 0.15) is 5.82 Å². The third kappa shape index (κ3) is 2.31. The summed E-state index contributed by atoms with van der Waals surface area (Å²) < 4.78 is 0. The molecule has 104 valence electrons. The molecule has 3 rings (SSSR count). The number of anilines is 2. The zero-order valence-electron chi connectivity index (χ0n) is 12.1. The molecule has 3 N–H and O–H groups in total. The van der Waals surface area contributed by atoms with E-state index in [1.165, 1.54) is 22.3 Å². The third-order valence-corrected chi connectivity index (χ3v) is 3.78. The van der Waals surface area contributed by atoms with E-state index in [0.29, 0.717) is 11.8 Å². The van der Waals surface area contributed by atoms with Gasteiger partial charge in [-0.1, -0.05) is 17.7 Å². The molecule has 1 aliphatic rings. The first-order valence-corrected chi connectivity index (χ1v) is 6.87. The molecule has 0 saturated carbocycles. The lowest BCUT2D eigenvalue weighted by molar-refractivity contribution is 0.747. The normalized spacial score (nSPS) is 17.1. The van der Waals surface area contributed by atoms with Gasteiger partial charge in [-0.2, -0.15) is 15.0 Å². The first kappa shape index (κ1) is 12.8. The first-order chi connectivity index (χ1) is 9.52. The minimum absolute atomic E-state index is 0.254. The number of aromatic nitrogens is 3. The number of nitrogen functional groups attached to an aromatic ring is 1. The maximum Gasteiger partial charge on any atom is 0.228 e. The monoisotopic (exact) mass is 269 g/mol. The van der Waals surface area contributed by atoms with E-state index in [4.69, 9.17) is 5.73 Å². The van der Waals surface area contributed by atoms with Crippen molar-refractivity contribution in [2.24, 2.45) is 0 Å². The molecule has 1 atom stereocenters. The van der Waals surface area contributed by atoms with Crippen LogP contribution in [0.25, 0.3) is 0 Å². The van der Waals surface area contributed by atoms with Gasteiger partial charge in [-0.3, -0.25) is 0 Å². The van der Waals surface area contributed by atoms with Gasteiger partial charge < -0.3 is 11.1 Å². The summed E-state index contributed by atoms with van der Waals surface area (Å²) in [7, 11) is 0. The van der Waals surface area contributed by atoms with Crippen LogP contribution in [0.15, 0.2) is 12.1 Å². The summed E-state index contributed by atoms with van der Waals surface area (Å²) in [6.07, 6.45) is 2.16. The van der Waals surface area contributed by atoms with Crippen LogP contribution in [0.2, 0.25) is 0 Å². The topological polar surface area (TPSA) is 76.7 Å². The van der Waals surface area contributed by atoms with E-state index in [1.807, 2.05) is 6.92 Å². The first-order valence-electron chi connectivity index (χ1n) is 6.87. The van der Waals surface area contributed by atoms with E-state index in [1.54, 1.807) is 0 Å². The highest BCUT2D eigenvalue weighted by Crippen LogP contribution is 2.35. The molecule has 1 aliphatic carbocycles. The lowest BCUT2D eigenvalue weighted by Gasteiger charge is -2.15. The highest BCUT2D eigenvalue weighted by atomic mass is 15.2. The van der Waals surface area contributed by atoms with Gasteiger partial charge in [-0.05, 0) is 50.3 Å². The molecule has 0 saturated heterocycles. The van der Waals surface area contributed by atoms with Gasteiger partial charge in [0.2, 0.25) is 11.9 Å². The molecule has 5 nitrogen and oxygen atoms in total. The minimum Gasteiger partial charge on any atom is -0.368 e. The van der Waals surface area contributed by atoms with E-state index >= 15 is 0 Å². The van der Waals surface area contributed by atoms with E-state index in [-0.39, 0.29) is 12.0 Å². The minimum atomic E-state index is 0.254. The van der Waals surface area contributed by atoms with Crippen molar-refractivity contribution in [3.63, 3.8) is 0 Å². The fraction of sp³-hybridized carbons (Fsp3) is 0.400. The van der Waals surface area contributed by atoms with Crippen molar-refractivity contribution in [3.05, 3.63) is 40.2 Å². The molecule has 2 aromatic rings. The molecule has 1 aromatic heterocycles. The quantitative estimate of drug-likeness (QED) is 0.875. The van der Waals surface area contributed by atoms with E-state index in [9.17, 15) is 0 Å². The van der Waals surface area contributed by atoms with Gasteiger partial charge in [0, 0.05) is 0 Å². The van der Waals surface area contributed by atoms with Crippen molar-refractivity contribution in [1.29, 1.82) is 0 Å². The van der Waals surface area contributed by atoms with Crippen molar-refractivity contribution in [3.8, 4) is 0 Å². The largest absolute Gasteiger partial charge is 0.368 e. The van der Waals surface area contributed by atoms with Crippen LogP contribution in [0.4, 0.5) is 11.9 Å². The lowest BCUT2D eigenvalue weighted by Crippen LogP contribution is -2.12. The van der Waals surface area contributed by atoms with Crippen molar-refractivity contribution in [2.45, 2.75) is 39.7 Å². The van der Waals surface area contributed by atoms with Gasteiger partial charge in [0.25, 0.3) is 0 Å². The van der Waals surface area contributed by atoms with Crippen LogP contribution in [-0.4, -0.2) is 15.0 Å². The summed E-state index contributed by atoms with van der Waals surface area (Å²) >= 11 is 0. The average Bonchev–Trinajstić information content (AvgIpc) is 2.71. The Kier molecular flexibility index (Phi) is 3.04. The number of nitrogens with zero attached hydrogens (tertiary/aromatic N) is 3. The van der Waals surface area contributed by atoms with Crippen molar-refractivity contribution < 1.29 is 0 Å². The van der Waals surface area contributed by atoms with Crippen LogP contribution in [0, 0.1) is 20.8 Å². The van der Waals surface area contributed by atoms with E-state index in [2.05, 4.69) is 46.2 Å². The second-order valence-electron chi connectivity index (χ2n) is 5.45. The number of nitrogens with two attached hydrogens (primary N) is 1. The Morgan fingerprint density at radius 1 is 1.15 bits per heavy atom. The second-order valence-corrected chi connectivity index (χ2v) is 5.45. The molecule has 0 aliphatic heterocycles. The number of hydrogen-bond donors (Lipinski definition) is 2. The van der Waals surface area contributed by atoms with Crippen molar-refractivity contribution >= 4 is 11.9 Å². The zero-order valence-corrected chi connectivity index (χ0v) is 12.1. The molecule has 0 fully saturated rings. The van der Waals surface area contributed by atoms with Crippen molar-refractivity contribution in [1.82, 2.24) is 15.0 Å². The molecule has 5 heteroatoms. The SMILES string of the molecule is Cc1cc(C)c2c(c1)C(Nc1nc(C)nc(N)n1)CC2. The second kappa shape index (κ2) is 4.74. The maximum absolute atomic E-state index is 5.67. The molecule has 1 unspecified atom stereocenters. The van der Waals surface area contributed by atoms with Crippen LogP contribution in [0.5, 0.6) is 0 Å². The summed E-state index contributed by atoms with van der Waals surface area (Å²) in [4.78, 5) is 12.5. The molecular formula is C15H19N5. The standard InChI is InChI=1S/C15H19N5/c1-8-6-9(2)11-4-5-13(12(11)7-8)19-15-18-10(3)17-14(16)20-15/h6-7,13H,4-5H2,1-3H3,(H3,16,17,18,19,20). The van der Waals surface area contributed by atoms with Gasteiger partial charge >= 0.3 is 0 Å². The highest BCUT2D eigenvalue weighted by molar-refractivity contribution is 5.47. The summed E-state index contributed by atoms with van der Waals surface area (Å²) in [6, 6.07) is 4.75. The Balaban J connectivity index is 1.92. The number of nitrogens with one attached hydrogen (secondary N) is 1. The molecule has 0 spiro atoms. The molecule has 1 aromatic carbocycles. The Bertz CT molecular complexity index is 645. The summed E-state index contributed by atoms with van der Waals surface area (Å²) in [5, 5.41) is 3.39. The fourth-order valence-corrected chi connectivity index (χ4v) is 3.00. The molecule has 0 bridgehead atoms. The van der Waals surface area contributed by atoms with E-state index < -0.39 is 0 Å². The highest BCUT2D eigenvalue weighted by Gasteiger charge is 2.24. The third-order valence-electron chi connectivity index (χ3n) is 3.78. The van der Waals surface area contributed by atoms with Crippen LogP contribution in [-0.2, 0) is 6.42 Å². The summed E-state index contributed by atoms with van der Waals surface area (Å²) in [6.45, 7) is 6.13. The number of aryl methyl sites for hydroxylation is 3. The Labute approximate surface area is 118 Å². The molecule has 1 heterocycles. The number of benzene rings is 1. The number of rotatable bonds is 2. The van der Waals surface area contributed by atoms with Crippen LogP contribution in [0.1, 0.15) is 40.5 Å². The molecule has 0 radical (unpaired) electrons. The molecule has 20 heavy (non-hydrogen) atoms. The molecular weight excluding hydrogens is 250 g/mol. The van der Waals surface area contributed by atoms with Gasteiger partial charge in [-0.15, -0.1) is 0 Å². The average molecular weight is 269 g/mol. The Hall–Kier alpha value is -2.17. The predicted molar refractivity (Wildman–Crippen MR) is 79.6 cm³/mol. The zero-order chi connectivity index (χ0) is 14.3. The van der Waals surface area contributed by atoms with Crippen LogP contribution >= 0.6 is 0 Å². The Morgan fingerprint density at radius 2 is 1.95 bits per heavy atom. The lowest BCUT2D eigenvalue weighted by atomic mass is 10.00. The van der Waals surface area contributed by atoms with Gasteiger partial charge in [0.05, 0.1) is 6.04 Å². The van der Waals surface area contributed by atoms with Crippen LogP contribution in [0.3, 0.4) is 0 Å². The molecule has 0 amide bonds. The van der Waals surface area contributed by atoms with E-state index in [0.717, 1.165) is 12.8 Å². The summed E-state index contributed by atoms with van der Waals surface area (Å²) in [5.74, 6) is 1.46. The van der Waals surface area contributed by atoms with Crippen LogP contribution < -0.4 is 11.1 Å². The fourth-order valence-electron chi connectivity index (χ4n) is 3.00. The smallest absolute Gasteiger partial charge is 0.228 e. The number of hydrogen-bond acceptors (Lipinski definition) is 5. The van der Waals surface area contributed by atoms with Crippen molar-refractivity contribution in [2.75, 3.05) is 11.1 Å². The predicted octanol–water partition coefficient (Wildman–Crippen LogP) is 2.48. The van der Waals surface area contributed by atoms with Gasteiger partial charge in [-0.25, -0.2) is 0 Å². The number of fused-ring (bicyclic) bond motifs is 1. The maximum atomic E-state index is 5.67. The Morgan fingerprint density at radius 3 is 2.70 bits per heavy atom. The summed E-state index contributed by atoms with van der Waals surface area (Å²) in [5.41, 5.74) is 11.1. The van der Waals surface area contributed by atoms with Gasteiger partial charge in [0.15, 0.2) is 0 Å².